The molecular weight excluding hydrogens is 740 g/mol. The van der Waals surface area contributed by atoms with Crippen molar-refractivity contribution in [2.24, 2.45) is 50.5 Å². The lowest BCUT2D eigenvalue weighted by atomic mass is 9.96. The molecule has 56 heavy (non-hydrogen) atoms. The van der Waals surface area contributed by atoms with Gasteiger partial charge in [0.2, 0.25) is 29.5 Å². The molecule has 318 valence electrons. The smallest absolute Gasteiger partial charge is 0.326 e. The molecule has 0 radical (unpaired) electrons. The van der Waals surface area contributed by atoms with Crippen LogP contribution < -0.4 is 55.3 Å². The molecule has 7 atom stereocenters. The van der Waals surface area contributed by atoms with Gasteiger partial charge < -0.3 is 70.6 Å². The summed E-state index contributed by atoms with van der Waals surface area (Å²) in [5.41, 5.74) is 27.2. The van der Waals surface area contributed by atoms with Gasteiger partial charge in [-0.05, 0) is 50.4 Å². The number of nitrogens with one attached hydrogen (secondary N) is 5. The second-order valence-corrected chi connectivity index (χ2v) is 13.6. The number of nitrogens with zero attached hydrogens (tertiary/aromatic N) is 2. The maximum Gasteiger partial charge on any atom is 0.326 e. The Morgan fingerprint density at radius 3 is 1.52 bits per heavy atom. The summed E-state index contributed by atoms with van der Waals surface area (Å²) in [6.07, 6.45) is -1.08. The van der Waals surface area contributed by atoms with E-state index in [0.717, 1.165) is 0 Å². The van der Waals surface area contributed by atoms with Crippen molar-refractivity contribution in [2.45, 2.75) is 122 Å². The molecule has 0 spiro atoms. The maximum atomic E-state index is 13.7. The minimum Gasteiger partial charge on any atom is -0.481 e. The summed E-state index contributed by atoms with van der Waals surface area (Å²) in [4.78, 5) is 109. The topological polar surface area (TPSA) is 412 Å². The molecule has 0 fully saturated rings. The minimum absolute atomic E-state index is 0.00217. The molecule has 0 rings (SSSR count). The summed E-state index contributed by atoms with van der Waals surface area (Å²) < 4.78 is 0. The van der Waals surface area contributed by atoms with Crippen LogP contribution in [0, 0.1) is 11.8 Å². The average Bonchev–Trinajstić information content (AvgIpc) is 3.09. The summed E-state index contributed by atoms with van der Waals surface area (Å²) in [7, 11) is 0. The standard InChI is InChI=1S/C33H60N12O11/c1-5-17(4)25(45-26(50)18(34)10-11-23(46)47)30(54)41-19(8-6-12-39-32(35)36)27(51)44-22(15-24(48)49)29(53)43-21(14-16(2)3)28(52)42-20(31(55)56)9-7-13-40-33(37)38/h16-22,25H,5-15,34H2,1-4H3,(H,41,54)(H,42,52)(H,43,53)(H,44,51)(H,45,50)(H,46,47)(H,48,49)(H,55,56)(H4,35,36,39)(H4,37,38,40)/t17-,18-,19-,20-,21-,22-,25-/m0/s1. The van der Waals surface area contributed by atoms with Gasteiger partial charge in [-0.15, -0.1) is 0 Å². The first-order chi connectivity index (χ1) is 26.1. The van der Waals surface area contributed by atoms with Gasteiger partial charge in [0.05, 0.1) is 12.5 Å². The number of carbonyl (C=O) groups excluding carboxylic acids is 5. The molecule has 0 aromatic heterocycles. The number of hydrogen-bond acceptors (Lipinski definition) is 11. The van der Waals surface area contributed by atoms with E-state index in [0.29, 0.717) is 6.42 Å². The zero-order valence-electron chi connectivity index (χ0n) is 32.3. The van der Waals surface area contributed by atoms with Crippen molar-refractivity contribution in [2.75, 3.05) is 13.1 Å². The molecule has 0 aliphatic rings. The summed E-state index contributed by atoms with van der Waals surface area (Å²) in [5.74, 6) is -9.83. The number of amides is 5. The molecule has 0 unspecified atom stereocenters. The zero-order chi connectivity index (χ0) is 43.1. The van der Waals surface area contributed by atoms with Crippen molar-refractivity contribution in [3.8, 4) is 0 Å². The number of aliphatic carboxylic acids is 3. The van der Waals surface area contributed by atoms with Gasteiger partial charge in [-0.1, -0.05) is 34.1 Å². The van der Waals surface area contributed by atoms with E-state index in [1.165, 1.54) is 0 Å². The molecule has 0 aromatic rings. The van der Waals surface area contributed by atoms with Gasteiger partial charge in [-0.3, -0.25) is 43.5 Å². The highest BCUT2D eigenvalue weighted by molar-refractivity contribution is 5.97. The van der Waals surface area contributed by atoms with E-state index in [2.05, 4.69) is 36.6 Å². The van der Waals surface area contributed by atoms with E-state index < -0.39 is 102 Å². The predicted molar refractivity (Wildman–Crippen MR) is 203 cm³/mol. The van der Waals surface area contributed by atoms with Gasteiger partial charge in [-0.25, -0.2) is 4.79 Å². The van der Waals surface area contributed by atoms with Gasteiger partial charge in [0.25, 0.3) is 0 Å². The van der Waals surface area contributed by atoms with Gasteiger partial charge in [0.1, 0.15) is 30.2 Å². The minimum atomic E-state index is -1.79. The fraction of sp³-hybridized carbons (Fsp3) is 0.697. The second-order valence-electron chi connectivity index (χ2n) is 13.6. The van der Waals surface area contributed by atoms with Crippen molar-refractivity contribution in [3.05, 3.63) is 0 Å². The monoisotopic (exact) mass is 800 g/mol. The molecule has 18 N–H and O–H groups in total. The lowest BCUT2D eigenvalue weighted by molar-refractivity contribution is -0.143. The molecule has 5 amide bonds. The molecule has 0 aliphatic heterocycles. The van der Waals surface area contributed by atoms with Crippen molar-refractivity contribution in [3.63, 3.8) is 0 Å². The van der Waals surface area contributed by atoms with Crippen LogP contribution >= 0.6 is 0 Å². The first-order valence-corrected chi connectivity index (χ1v) is 18.1. The molecule has 0 saturated carbocycles. The number of guanidine groups is 2. The maximum absolute atomic E-state index is 13.7. The Labute approximate surface area is 324 Å². The van der Waals surface area contributed by atoms with Crippen LogP contribution in [0.3, 0.4) is 0 Å². The molecule has 23 heteroatoms. The van der Waals surface area contributed by atoms with E-state index in [-0.39, 0.29) is 69.5 Å². The van der Waals surface area contributed by atoms with Crippen molar-refractivity contribution >= 4 is 59.4 Å². The quantitative estimate of drug-likeness (QED) is 0.0206. The van der Waals surface area contributed by atoms with E-state index in [1.54, 1.807) is 27.7 Å². The van der Waals surface area contributed by atoms with Crippen molar-refractivity contribution in [1.82, 2.24) is 26.6 Å². The fourth-order valence-corrected chi connectivity index (χ4v) is 5.07. The lowest BCUT2D eigenvalue weighted by Gasteiger charge is -2.28. The summed E-state index contributed by atoms with van der Waals surface area (Å²) in [6, 6.07) is -8.46. The molecule has 0 bridgehead atoms. The van der Waals surface area contributed by atoms with Crippen molar-refractivity contribution < 1.29 is 53.7 Å². The first kappa shape index (κ1) is 50.3. The SMILES string of the molecule is CC[C@H](C)[C@H](NC(=O)[C@@H](N)CCC(=O)O)C(=O)N[C@@H](CCCN=C(N)N)C(=O)N[C@@H](CC(=O)O)C(=O)N[C@@H](CC(C)C)C(=O)N[C@@H](CCCN=C(N)N)C(=O)O. The average molecular weight is 801 g/mol. The molecule has 0 heterocycles. The Morgan fingerprint density at radius 2 is 1.05 bits per heavy atom. The third-order valence-corrected chi connectivity index (χ3v) is 8.29. The molecular formula is C33H60N12O11. The van der Waals surface area contributed by atoms with Gasteiger partial charge in [-0.2, -0.15) is 0 Å². The Hall–Kier alpha value is -5.74. The highest BCUT2D eigenvalue weighted by Crippen LogP contribution is 2.12. The normalized spacial score (nSPS) is 14.6. The van der Waals surface area contributed by atoms with E-state index in [4.69, 9.17) is 33.8 Å². The van der Waals surface area contributed by atoms with Crippen LogP contribution in [0.15, 0.2) is 9.98 Å². The zero-order valence-corrected chi connectivity index (χ0v) is 32.3. The fourth-order valence-electron chi connectivity index (χ4n) is 5.07. The highest BCUT2D eigenvalue weighted by Gasteiger charge is 2.35. The first-order valence-electron chi connectivity index (χ1n) is 18.1. The number of rotatable bonds is 28. The number of carboxylic acids is 3. The third-order valence-electron chi connectivity index (χ3n) is 8.29. The van der Waals surface area contributed by atoms with E-state index >= 15 is 0 Å². The summed E-state index contributed by atoms with van der Waals surface area (Å²) in [5, 5.41) is 40.4. The molecule has 0 saturated heterocycles. The van der Waals surface area contributed by atoms with Crippen molar-refractivity contribution in [1.29, 1.82) is 0 Å². The molecule has 23 nitrogen and oxygen atoms in total. The Morgan fingerprint density at radius 1 is 0.589 bits per heavy atom. The Kier molecular flexibility index (Phi) is 23.5. The van der Waals surface area contributed by atoms with Crippen LogP contribution in [-0.2, 0) is 38.4 Å². The van der Waals surface area contributed by atoms with Crippen LogP contribution in [0.5, 0.6) is 0 Å². The Bertz CT molecular complexity index is 1420. The highest BCUT2D eigenvalue weighted by atomic mass is 16.4. The van der Waals surface area contributed by atoms with Crippen LogP contribution in [-0.4, -0.2) is 124 Å². The number of carboxylic acid groups (broad SMARTS) is 3. The van der Waals surface area contributed by atoms with Gasteiger partial charge in [0.15, 0.2) is 11.9 Å². The van der Waals surface area contributed by atoms with E-state index in [1.807, 2.05) is 0 Å². The van der Waals surface area contributed by atoms with Gasteiger partial charge >= 0.3 is 17.9 Å². The Balaban J connectivity index is 6.34. The molecule has 0 aromatic carbocycles. The van der Waals surface area contributed by atoms with Gasteiger partial charge in [0, 0.05) is 19.5 Å². The number of nitrogens with two attached hydrogens (primary N) is 5. The summed E-state index contributed by atoms with van der Waals surface area (Å²) >= 11 is 0. The van der Waals surface area contributed by atoms with E-state index in [9.17, 15) is 48.6 Å². The molecule has 0 aliphatic carbocycles. The second kappa shape index (κ2) is 26.1. The van der Waals surface area contributed by atoms with Crippen LogP contribution in [0.25, 0.3) is 0 Å². The lowest BCUT2D eigenvalue weighted by Crippen LogP contribution is -2.60. The van der Waals surface area contributed by atoms with Crippen LogP contribution in [0.4, 0.5) is 0 Å². The van der Waals surface area contributed by atoms with Crippen LogP contribution in [0.1, 0.15) is 85.5 Å². The largest absolute Gasteiger partial charge is 0.481 e. The number of hydrogen-bond donors (Lipinski definition) is 13. The third kappa shape index (κ3) is 21.2. The number of aliphatic imine (C=N–C) groups is 2. The predicted octanol–water partition coefficient (Wildman–Crippen LogP) is -3.64. The number of carbonyl (C=O) groups is 8. The summed E-state index contributed by atoms with van der Waals surface area (Å²) in [6.45, 7) is 6.94. The van der Waals surface area contributed by atoms with Crippen LogP contribution in [0.2, 0.25) is 0 Å².